The lowest BCUT2D eigenvalue weighted by atomic mass is 10.2. The van der Waals surface area contributed by atoms with Crippen LogP contribution in [-0.2, 0) is 6.54 Å². The average molecular weight is 262 g/mol. The van der Waals surface area contributed by atoms with E-state index in [1.807, 2.05) is 6.07 Å². The topological polar surface area (TPSA) is 50.7 Å². The minimum absolute atomic E-state index is 0.313. The van der Waals surface area contributed by atoms with Crippen molar-refractivity contribution < 1.29 is 14.7 Å². The number of benzene rings is 1. The van der Waals surface area contributed by atoms with Gasteiger partial charge in [0.1, 0.15) is 11.5 Å². The third kappa shape index (κ3) is 2.37. The Hall–Kier alpha value is -0.780. The predicted octanol–water partition coefficient (Wildman–Crippen LogP) is 1.95. The van der Waals surface area contributed by atoms with Crippen molar-refractivity contribution in [3.63, 3.8) is 0 Å². The first-order valence-electron chi connectivity index (χ1n) is 4.00. The van der Waals surface area contributed by atoms with Gasteiger partial charge in [0, 0.05) is 16.1 Å². The van der Waals surface area contributed by atoms with Crippen molar-refractivity contribution >= 4 is 15.9 Å². The zero-order valence-corrected chi connectivity index (χ0v) is 9.59. The molecule has 1 rings (SSSR count). The van der Waals surface area contributed by atoms with Gasteiger partial charge in [0.25, 0.3) is 0 Å². The second kappa shape index (κ2) is 5.19. The van der Waals surface area contributed by atoms with Crippen molar-refractivity contribution in [3.8, 4) is 11.5 Å². The number of ether oxygens (including phenoxy) is 2. The number of hydrogen-bond donors (Lipinski definition) is 2. The zero-order chi connectivity index (χ0) is 10.6. The molecule has 0 saturated carbocycles. The second-order valence-corrected chi connectivity index (χ2v) is 3.48. The highest BCUT2D eigenvalue weighted by Crippen LogP contribution is 2.32. The molecule has 0 aliphatic rings. The summed E-state index contributed by atoms with van der Waals surface area (Å²) in [4.78, 5) is 0. The Morgan fingerprint density at radius 2 is 2.07 bits per heavy atom. The van der Waals surface area contributed by atoms with Gasteiger partial charge in [0.05, 0.1) is 20.8 Å². The Labute approximate surface area is 90.9 Å². The standard InChI is InChI=1S/C9H12BrNO3/c1-13-6-3-8(10)7(5-11-12)9(4-6)14-2/h3-4,11-12H,5H2,1-2H3. The highest BCUT2D eigenvalue weighted by atomic mass is 79.9. The molecule has 2 N–H and O–H groups in total. The minimum atomic E-state index is 0.313. The molecule has 0 radical (unpaired) electrons. The van der Waals surface area contributed by atoms with Gasteiger partial charge in [0.15, 0.2) is 0 Å². The quantitative estimate of drug-likeness (QED) is 0.814. The lowest BCUT2D eigenvalue weighted by molar-refractivity contribution is 0.160. The number of methoxy groups -OCH3 is 2. The fourth-order valence-electron chi connectivity index (χ4n) is 1.14. The summed E-state index contributed by atoms with van der Waals surface area (Å²) in [6.07, 6.45) is 0. The summed E-state index contributed by atoms with van der Waals surface area (Å²) in [5.74, 6) is 1.37. The van der Waals surface area contributed by atoms with Crippen LogP contribution in [0.5, 0.6) is 11.5 Å². The van der Waals surface area contributed by atoms with Gasteiger partial charge in [-0.05, 0) is 6.07 Å². The summed E-state index contributed by atoms with van der Waals surface area (Å²) in [6, 6.07) is 3.58. The van der Waals surface area contributed by atoms with E-state index >= 15 is 0 Å². The van der Waals surface area contributed by atoms with E-state index in [4.69, 9.17) is 14.7 Å². The molecule has 14 heavy (non-hydrogen) atoms. The van der Waals surface area contributed by atoms with Crippen LogP contribution in [0.2, 0.25) is 0 Å². The maximum atomic E-state index is 8.63. The SMILES string of the molecule is COc1cc(Br)c(CNO)c(OC)c1. The molecule has 0 atom stereocenters. The van der Waals surface area contributed by atoms with Crippen LogP contribution in [0.15, 0.2) is 16.6 Å². The molecule has 5 heteroatoms. The van der Waals surface area contributed by atoms with E-state index in [-0.39, 0.29) is 0 Å². The van der Waals surface area contributed by atoms with Gasteiger partial charge in [-0.25, -0.2) is 5.48 Å². The van der Waals surface area contributed by atoms with Crippen LogP contribution in [0.25, 0.3) is 0 Å². The molecule has 0 aliphatic carbocycles. The first-order valence-corrected chi connectivity index (χ1v) is 4.79. The molecule has 1 aromatic rings. The normalized spacial score (nSPS) is 10.0. The molecular formula is C9H12BrNO3. The van der Waals surface area contributed by atoms with E-state index in [9.17, 15) is 0 Å². The number of hydroxylamine groups is 1. The Bertz CT molecular complexity index is 317. The van der Waals surface area contributed by atoms with E-state index in [1.165, 1.54) is 0 Å². The van der Waals surface area contributed by atoms with Crippen LogP contribution in [0.1, 0.15) is 5.56 Å². The van der Waals surface area contributed by atoms with E-state index in [1.54, 1.807) is 20.3 Å². The Balaban J connectivity index is 3.13. The first kappa shape index (κ1) is 11.3. The average Bonchev–Trinajstić information content (AvgIpc) is 2.20. The van der Waals surface area contributed by atoms with Gasteiger partial charge in [0.2, 0.25) is 0 Å². The molecule has 0 aliphatic heterocycles. The van der Waals surface area contributed by atoms with Crippen molar-refractivity contribution in [3.05, 3.63) is 22.2 Å². The molecule has 0 unspecified atom stereocenters. The smallest absolute Gasteiger partial charge is 0.128 e. The summed E-state index contributed by atoms with van der Waals surface area (Å²) in [5.41, 5.74) is 2.93. The van der Waals surface area contributed by atoms with Crippen molar-refractivity contribution in [2.24, 2.45) is 0 Å². The third-order valence-electron chi connectivity index (χ3n) is 1.84. The van der Waals surface area contributed by atoms with Crippen molar-refractivity contribution in [2.75, 3.05) is 14.2 Å². The maximum absolute atomic E-state index is 8.63. The third-order valence-corrected chi connectivity index (χ3v) is 2.55. The predicted molar refractivity (Wildman–Crippen MR) is 55.9 cm³/mol. The number of halogens is 1. The molecular weight excluding hydrogens is 250 g/mol. The summed E-state index contributed by atoms with van der Waals surface area (Å²) < 4.78 is 11.1. The lowest BCUT2D eigenvalue weighted by Crippen LogP contribution is -2.08. The first-order chi connectivity index (χ1) is 6.72. The van der Waals surface area contributed by atoms with Gasteiger partial charge < -0.3 is 14.7 Å². The highest BCUT2D eigenvalue weighted by molar-refractivity contribution is 9.10. The maximum Gasteiger partial charge on any atom is 0.128 e. The van der Waals surface area contributed by atoms with Gasteiger partial charge in [-0.2, -0.15) is 0 Å². The summed E-state index contributed by atoms with van der Waals surface area (Å²) in [6.45, 7) is 0.313. The highest BCUT2D eigenvalue weighted by Gasteiger charge is 2.09. The van der Waals surface area contributed by atoms with Crippen LogP contribution in [0, 0.1) is 0 Å². The fraction of sp³-hybridized carbons (Fsp3) is 0.333. The number of rotatable bonds is 4. The van der Waals surface area contributed by atoms with Crippen LogP contribution < -0.4 is 15.0 Å². The molecule has 0 spiro atoms. The summed E-state index contributed by atoms with van der Waals surface area (Å²) in [7, 11) is 3.16. The molecule has 0 heterocycles. The van der Waals surface area contributed by atoms with Gasteiger partial charge in [-0.1, -0.05) is 15.9 Å². The Morgan fingerprint density at radius 3 is 2.57 bits per heavy atom. The Morgan fingerprint density at radius 1 is 1.36 bits per heavy atom. The largest absolute Gasteiger partial charge is 0.497 e. The minimum Gasteiger partial charge on any atom is -0.497 e. The molecule has 4 nitrogen and oxygen atoms in total. The van der Waals surface area contributed by atoms with E-state index < -0.39 is 0 Å². The van der Waals surface area contributed by atoms with Gasteiger partial charge >= 0.3 is 0 Å². The molecule has 1 aromatic carbocycles. The summed E-state index contributed by atoms with van der Waals surface area (Å²) >= 11 is 3.37. The lowest BCUT2D eigenvalue weighted by Gasteiger charge is -2.11. The van der Waals surface area contributed by atoms with Crippen LogP contribution >= 0.6 is 15.9 Å². The molecule has 0 bridgehead atoms. The molecule has 0 aromatic heterocycles. The molecule has 0 amide bonds. The molecule has 0 fully saturated rings. The second-order valence-electron chi connectivity index (χ2n) is 2.62. The van der Waals surface area contributed by atoms with Crippen molar-refractivity contribution in [1.29, 1.82) is 0 Å². The number of hydrogen-bond acceptors (Lipinski definition) is 4. The van der Waals surface area contributed by atoms with E-state index in [0.717, 1.165) is 10.0 Å². The Kier molecular flexibility index (Phi) is 4.19. The van der Waals surface area contributed by atoms with Gasteiger partial charge in [-0.3, -0.25) is 0 Å². The molecule has 78 valence electrons. The van der Waals surface area contributed by atoms with Crippen LogP contribution in [0.3, 0.4) is 0 Å². The number of nitrogens with one attached hydrogen (secondary N) is 1. The molecule has 0 saturated heterocycles. The van der Waals surface area contributed by atoms with Crippen molar-refractivity contribution in [1.82, 2.24) is 5.48 Å². The van der Waals surface area contributed by atoms with Crippen LogP contribution in [0.4, 0.5) is 0 Å². The van der Waals surface area contributed by atoms with E-state index in [2.05, 4.69) is 21.4 Å². The zero-order valence-electron chi connectivity index (χ0n) is 8.00. The van der Waals surface area contributed by atoms with Crippen molar-refractivity contribution in [2.45, 2.75) is 6.54 Å². The van der Waals surface area contributed by atoms with Gasteiger partial charge in [-0.15, -0.1) is 0 Å². The van der Waals surface area contributed by atoms with Crippen LogP contribution in [-0.4, -0.2) is 19.4 Å². The summed E-state index contributed by atoms with van der Waals surface area (Å²) in [5, 5.41) is 8.63. The van der Waals surface area contributed by atoms with E-state index in [0.29, 0.717) is 18.0 Å². The fourth-order valence-corrected chi connectivity index (χ4v) is 1.70. The monoisotopic (exact) mass is 261 g/mol.